The molecule has 22 heavy (non-hydrogen) atoms. The molecule has 0 bridgehead atoms. The highest BCUT2D eigenvalue weighted by Gasteiger charge is 2.34. The molecule has 4 nitrogen and oxygen atoms in total. The molecular weight excluding hydrogens is 298 g/mol. The number of carbonyl (C=O) groups excluding carboxylic acids is 1. The summed E-state index contributed by atoms with van der Waals surface area (Å²) in [5.41, 5.74) is 0. The molecule has 1 saturated carbocycles. The van der Waals surface area contributed by atoms with E-state index >= 15 is 0 Å². The fraction of sp³-hybridized carbons (Fsp3) is 0.588. The number of carbonyl (C=O) groups is 1. The summed E-state index contributed by atoms with van der Waals surface area (Å²) in [6.07, 6.45) is 5.40. The molecule has 1 amide bonds. The predicted molar refractivity (Wildman–Crippen MR) is 85.2 cm³/mol. The van der Waals surface area contributed by atoms with Crippen LogP contribution >= 0.6 is 0 Å². The van der Waals surface area contributed by atoms with Crippen molar-refractivity contribution in [1.29, 1.82) is 0 Å². The van der Waals surface area contributed by atoms with Gasteiger partial charge in [-0.25, -0.2) is 8.42 Å². The second-order valence-corrected chi connectivity index (χ2v) is 8.59. The molecule has 1 heterocycles. The van der Waals surface area contributed by atoms with E-state index in [2.05, 4.69) is 0 Å². The van der Waals surface area contributed by atoms with Gasteiger partial charge in [-0.1, -0.05) is 31.0 Å². The van der Waals surface area contributed by atoms with Crippen LogP contribution in [-0.2, 0) is 14.6 Å². The zero-order valence-corrected chi connectivity index (χ0v) is 13.6. The number of piperidine rings is 1. The molecule has 120 valence electrons. The molecule has 0 unspecified atom stereocenters. The first-order valence-electron chi connectivity index (χ1n) is 8.17. The minimum Gasteiger partial charge on any atom is -0.342 e. The normalized spacial score (nSPS) is 21.2. The van der Waals surface area contributed by atoms with Crippen molar-refractivity contribution >= 4 is 15.7 Å². The Morgan fingerprint density at radius 2 is 1.55 bits per heavy atom. The maximum absolute atomic E-state index is 12.6. The van der Waals surface area contributed by atoms with Crippen molar-refractivity contribution in [2.24, 2.45) is 5.92 Å². The Morgan fingerprint density at radius 1 is 0.955 bits per heavy atom. The van der Waals surface area contributed by atoms with Crippen LogP contribution in [0, 0.1) is 5.92 Å². The van der Waals surface area contributed by atoms with E-state index in [0.717, 1.165) is 25.7 Å². The minimum atomic E-state index is -3.27. The van der Waals surface area contributed by atoms with Gasteiger partial charge in [0.1, 0.15) is 0 Å². The molecule has 0 aromatic heterocycles. The van der Waals surface area contributed by atoms with Gasteiger partial charge in [-0.15, -0.1) is 0 Å². The maximum Gasteiger partial charge on any atom is 0.225 e. The Bertz CT molecular complexity index is 613. The number of hydrogen-bond acceptors (Lipinski definition) is 3. The van der Waals surface area contributed by atoms with Crippen LogP contribution in [0.2, 0.25) is 0 Å². The predicted octanol–water partition coefficient (Wildman–Crippen LogP) is 2.64. The van der Waals surface area contributed by atoms with Crippen molar-refractivity contribution in [3.05, 3.63) is 30.3 Å². The molecule has 0 radical (unpaired) electrons. The Labute approximate surface area is 132 Å². The zero-order chi connectivity index (χ0) is 15.6. The van der Waals surface area contributed by atoms with E-state index in [1.165, 1.54) is 0 Å². The first-order chi connectivity index (χ1) is 10.6. The van der Waals surface area contributed by atoms with E-state index in [0.29, 0.717) is 30.8 Å². The van der Waals surface area contributed by atoms with Crippen molar-refractivity contribution in [2.45, 2.75) is 48.7 Å². The summed E-state index contributed by atoms with van der Waals surface area (Å²) in [6.45, 7) is 1.15. The number of benzene rings is 1. The van der Waals surface area contributed by atoms with E-state index in [4.69, 9.17) is 0 Å². The topological polar surface area (TPSA) is 54.5 Å². The summed E-state index contributed by atoms with van der Waals surface area (Å²) in [6, 6.07) is 8.65. The van der Waals surface area contributed by atoms with Gasteiger partial charge in [-0.3, -0.25) is 4.79 Å². The van der Waals surface area contributed by atoms with Crippen molar-refractivity contribution in [3.63, 3.8) is 0 Å². The van der Waals surface area contributed by atoms with Crippen LogP contribution in [0.4, 0.5) is 0 Å². The van der Waals surface area contributed by atoms with Crippen LogP contribution in [0.5, 0.6) is 0 Å². The Balaban J connectivity index is 1.63. The molecule has 5 heteroatoms. The highest BCUT2D eigenvalue weighted by Crippen LogP contribution is 2.29. The molecule has 1 saturated heterocycles. The van der Waals surface area contributed by atoms with Crippen LogP contribution in [0.1, 0.15) is 38.5 Å². The van der Waals surface area contributed by atoms with Crippen LogP contribution in [-0.4, -0.2) is 37.6 Å². The van der Waals surface area contributed by atoms with Crippen molar-refractivity contribution < 1.29 is 13.2 Å². The molecule has 0 atom stereocenters. The maximum atomic E-state index is 12.6. The molecule has 1 aromatic carbocycles. The first-order valence-corrected chi connectivity index (χ1v) is 9.71. The zero-order valence-electron chi connectivity index (χ0n) is 12.8. The van der Waals surface area contributed by atoms with E-state index < -0.39 is 9.84 Å². The van der Waals surface area contributed by atoms with E-state index in [1.807, 2.05) is 11.0 Å². The van der Waals surface area contributed by atoms with E-state index in [9.17, 15) is 13.2 Å². The highest BCUT2D eigenvalue weighted by molar-refractivity contribution is 7.92. The van der Waals surface area contributed by atoms with Crippen molar-refractivity contribution in [1.82, 2.24) is 4.90 Å². The van der Waals surface area contributed by atoms with Gasteiger partial charge in [0.25, 0.3) is 0 Å². The number of amides is 1. The average molecular weight is 321 g/mol. The number of rotatable bonds is 3. The smallest absolute Gasteiger partial charge is 0.225 e. The number of nitrogens with zero attached hydrogens (tertiary/aromatic N) is 1. The summed E-state index contributed by atoms with van der Waals surface area (Å²) in [4.78, 5) is 14.7. The fourth-order valence-corrected chi connectivity index (χ4v) is 5.37. The lowest BCUT2D eigenvalue weighted by Crippen LogP contribution is -2.44. The van der Waals surface area contributed by atoms with Crippen molar-refractivity contribution in [2.75, 3.05) is 13.1 Å². The summed E-state index contributed by atoms with van der Waals surface area (Å²) >= 11 is 0. The minimum absolute atomic E-state index is 0.183. The number of sulfone groups is 1. The van der Waals surface area contributed by atoms with Gasteiger partial charge in [0.2, 0.25) is 5.91 Å². The standard InChI is InChI=1S/C17H23NO3S/c19-17(14-6-4-5-7-14)18-12-10-16(11-13-18)22(20,21)15-8-2-1-3-9-15/h1-3,8-9,14,16H,4-7,10-13H2. The molecule has 0 spiro atoms. The SMILES string of the molecule is O=C(C1CCCC1)N1CCC(S(=O)(=O)c2ccccc2)CC1. The Kier molecular flexibility index (Phi) is 4.52. The molecule has 1 aromatic rings. The van der Waals surface area contributed by atoms with Crippen LogP contribution in [0.3, 0.4) is 0 Å². The van der Waals surface area contributed by atoms with Crippen LogP contribution < -0.4 is 0 Å². The molecule has 0 N–H and O–H groups in total. The largest absolute Gasteiger partial charge is 0.342 e. The van der Waals surface area contributed by atoms with Gasteiger partial charge in [0, 0.05) is 19.0 Å². The third-order valence-electron chi connectivity index (χ3n) is 4.97. The third-order valence-corrected chi connectivity index (χ3v) is 7.25. The number of likely N-dealkylation sites (tertiary alicyclic amines) is 1. The summed E-state index contributed by atoms with van der Waals surface area (Å²) < 4.78 is 25.2. The van der Waals surface area contributed by atoms with Gasteiger partial charge >= 0.3 is 0 Å². The fourth-order valence-electron chi connectivity index (χ4n) is 3.62. The lowest BCUT2D eigenvalue weighted by atomic mass is 10.0. The van der Waals surface area contributed by atoms with Gasteiger partial charge < -0.3 is 4.90 Å². The molecule has 3 rings (SSSR count). The summed E-state index contributed by atoms with van der Waals surface area (Å²) in [7, 11) is -3.27. The molecule has 2 aliphatic rings. The summed E-state index contributed by atoms with van der Waals surface area (Å²) in [5.74, 6) is 0.426. The molecule has 1 aliphatic heterocycles. The lowest BCUT2D eigenvalue weighted by molar-refractivity contribution is -0.136. The Hall–Kier alpha value is -1.36. The molecule has 1 aliphatic carbocycles. The van der Waals surface area contributed by atoms with Gasteiger partial charge in [0.15, 0.2) is 9.84 Å². The van der Waals surface area contributed by atoms with Crippen LogP contribution in [0.25, 0.3) is 0 Å². The highest BCUT2D eigenvalue weighted by atomic mass is 32.2. The van der Waals surface area contributed by atoms with Gasteiger partial charge in [-0.05, 0) is 37.8 Å². The molecule has 2 fully saturated rings. The van der Waals surface area contributed by atoms with E-state index in [-0.39, 0.29) is 17.1 Å². The number of hydrogen-bond donors (Lipinski definition) is 0. The van der Waals surface area contributed by atoms with Crippen LogP contribution in [0.15, 0.2) is 35.2 Å². The summed E-state index contributed by atoms with van der Waals surface area (Å²) in [5, 5.41) is -0.359. The molecular formula is C17H23NO3S. The second kappa shape index (κ2) is 6.41. The quantitative estimate of drug-likeness (QED) is 0.860. The van der Waals surface area contributed by atoms with E-state index in [1.54, 1.807) is 24.3 Å². The van der Waals surface area contributed by atoms with Gasteiger partial charge in [-0.2, -0.15) is 0 Å². The third kappa shape index (κ3) is 3.05. The average Bonchev–Trinajstić information content (AvgIpc) is 3.09. The first kappa shape index (κ1) is 15.5. The monoisotopic (exact) mass is 321 g/mol. The van der Waals surface area contributed by atoms with Crippen molar-refractivity contribution in [3.8, 4) is 0 Å². The van der Waals surface area contributed by atoms with Gasteiger partial charge in [0.05, 0.1) is 10.1 Å². The second-order valence-electron chi connectivity index (χ2n) is 6.36. The lowest BCUT2D eigenvalue weighted by Gasteiger charge is -2.33. The Morgan fingerprint density at radius 3 is 2.14 bits per heavy atom.